The van der Waals surface area contributed by atoms with E-state index in [1.165, 1.54) is 24.3 Å². The standard InChI is InChI=1S/C19H20FNO5/c1-2-24-17-6-4-3-5-16(17)19(23)21-13-18(22)26-12-11-25-15-9-7-14(20)8-10-15/h3-10H,2,11-13H2,1H3,(H,21,23). The zero-order valence-electron chi connectivity index (χ0n) is 14.4. The van der Waals surface area contributed by atoms with Crippen LogP contribution in [-0.4, -0.2) is 38.2 Å². The second kappa shape index (κ2) is 10.0. The lowest BCUT2D eigenvalue weighted by Crippen LogP contribution is -2.31. The molecule has 1 N–H and O–H groups in total. The quantitative estimate of drug-likeness (QED) is 0.549. The minimum Gasteiger partial charge on any atom is -0.493 e. The maximum absolute atomic E-state index is 12.8. The molecule has 0 saturated heterocycles. The first-order chi connectivity index (χ1) is 12.6. The molecule has 138 valence electrons. The second-order valence-electron chi connectivity index (χ2n) is 5.13. The molecule has 0 bridgehead atoms. The Kier molecular flexibility index (Phi) is 7.42. The number of esters is 1. The molecule has 6 nitrogen and oxygen atoms in total. The van der Waals surface area contributed by atoms with Gasteiger partial charge in [-0.2, -0.15) is 0 Å². The van der Waals surface area contributed by atoms with Crippen LogP contribution in [0.15, 0.2) is 48.5 Å². The van der Waals surface area contributed by atoms with E-state index in [1.807, 2.05) is 6.92 Å². The summed E-state index contributed by atoms with van der Waals surface area (Å²) in [6, 6.07) is 12.3. The third-order valence-electron chi connectivity index (χ3n) is 3.25. The van der Waals surface area contributed by atoms with Crippen molar-refractivity contribution in [3.05, 3.63) is 59.9 Å². The van der Waals surface area contributed by atoms with Gasteiger partial charge < -0.3 is 19.5 Å². The minimum atomic E-state index is -0.588. The number of halogens is 1. The number of carbonyl (C=O) groups excluding carboxylic acids is 2. The normalized spacial score (nSPS) is 10.1. The highest BCUT2D eigenvalue weighted by molar-refractivity contribution is 5.98. The van der Waals surface area contributed by atoms with Gasteiger partial charge in [-0.15, -0.1) is 0 Å². The van der Waals surface area contributed by atoms with Crippen molar-refractivity contribution in [2.75, 3.05) is 26.4 Å². The van der Waals surface area contributed by atoms with Gasteiger partial charge in [-0.1, -0.05) is 12.1 Å². The largest absolute Gasteiger partial charge is 0.493 e. The molecule has 0 aromatic heterocycles. The average Bonchev–Trinajstić information content (AvgIpc) is 2.65. The molecule has 0 aliphatic carbocycles. The third-order valence-corrected chi connectivity index (χ3v) is 3.25. The fourth-order valence-corrected chi connectivity index (χ4v) is 2.08. The molecule has 0 unspecified atom stereocenters. The van der Waals surface area contributed by atoms with Crippen LogP contribution in [0.25, 0.3) is 0 Å². The Morgan fingerprint density at radius 2 is 1.73 bits per heavy atom. The number of hydrogen-bond donors (Lipinski definition) is 1. The Balaban J connectivity index is 1.70. The van der Waals surface area contributed by atoms with Crippen molar-refractivity contribution >= 4 is 11.9 Å². The van der Waals surface area contributed by atoms with Gasteiger partial charge in [-0.25, -0.2) is 4.39 Å². The molecule has 7 heteroatoms. The molecule has 0 fully saturated rings. The van der Waals surface area contributed by atoms with E-state index in [2.05, 4.69) is 5.32 Å². The highest BCUT2D eigenvalue weighted by atomic mass is 19.1. The molecular formula is C19H20FNO5. The third kappa shape index (κ3) is 6.08. The second-order valence-corrected chi connectivity index (χ2v) is 5.13. The average molecular weight is 361 g/mol. The van der Waals surface area contributed by atoms with Gasteiger partial charge in [0.2, 0.25) is 0 Å². The van der Waals surface area contributed by atoms with Crippen molar-refractivity contribution in [3.8, 4) is 11.5 Å². The molecule has 0 spiro atoms. The summed E-state index contributed by atoms with van der Waals surface area (Å²) < 4.78 is 28.4. The fourth-order valence-electron chi connectivity index (χ4n) is 2.08. The summed E-state index contributed by atoms with van der Waals surface area (Å²) in [6.45, 7) is 2.12. The van der Waals surface area contributed by atoms with Crippen molar-refractivity contribution in [2.45, 2.75) is 6.92 Å². The Bertz CT molecular complexity index is 733. The highest BCUT2D eigenvalue weighted by Crippen LogP contribution is 2.17. The van der Waals surface area contributed by atoms with Crippen molar-refractivity contribution in [3.63, 3.8) is 0 Å². The van der Waals surface area contributed by atoms with Crippen LogP contribution >= 0.6 is 0 Å². The monoisotopic (exact) mass is 361 g/mol. The number of rotatable bonds is 9. The molecule has 26 heavy (non-hydrogen) atoms. The van der Waals surface area contributed by atoms with Crippen LogP contribution in [-0.2, 0) is 9.53 Å². The van der Waals surface area contributed by atoms with Gasteiger partial charge in [0.15, 0.2) is 0 Å². The number of carbonyl (C=O) groups is 2. The maximum Gasteiger partial charge on any atom is 0.325 e. The lowest BCUT2D eigenvalue weighted by Gasteiger charge is -2.10. The first kappa shape index (κ1) is 19.2. The van der Waals surface area contributed by atoms with E-state index < -0.39 is 11.9 Å². The van der Waals surface area contributed by atoms with Gasteiger partial charge in [-0.05, 0) is 43.3 Å². The summed E-state index contributed by atoms with van der Waals surface area (Å²) >= 11 is 0. The molecule has 0 heterocycles. The van der Waals surface area contributed by atoms with Crippen molar-refractivity contribution in [1.29, 1.82) is 0 Å². The van der Waals surface area contributed by atoms with Crippen LogP contribution in [0.3, 0.4) is 0 Å². The molecule has 0 aliphatic heterocycles. The van der Waals surface area contributed by atoms with Gasteiger partial charge in [0, 0.05) is 0 Å². The van der Waals surface area contributed by atoms with E-state index in [1.54, 1.807) is 24.3 Å². The molecule has 0 atom stereocenters. The number of hydrogen-bond acceptors (Lipinski definition) is 5. The lowest BCUT2D eigenvalue weighted by molar-refractivity contribution is -0.143. The Labute approximate surface area is 150 Å². The first-order valence-electron chi connectivity index (χ1n) is 8.14. The molecule has 1 amide bonds. The summed E-state index contributed by atoms with van der Waals surface area (Å²) in [4.78, 5) is 23.8. The van der Waals surface area contributed by atoms with Crippen molar-refractivity contribution in [2.24, 2.45) is 0 Å². The predicted molar refractivity (Wildman–Crippen MR) is 92.8 cm³/mol. The number of amides is 1. The predicted octanol–water partition coefficient (Wildman–Crippen LogP) is 2.58. The molecule has 0 aliphatic rings. The fraction of sp³-hybridized carbons (Fsp3) is 0.263. The summed E-state index contributed by atoms with van der Waals surface area (Å²) in [5.41, 5.74) is 0.349. The van der Waals surface area contributed by atoms with E-state index >= 15 is 0 Å². The smallest absolute Gasteiger partial charge is 0.325 e. The molecule has 0 radical (unpaired) electrons. The SMILES string of the molecule is CCOc1ccccc1C(=O)NCC(=O)OCCOc1ccc(F)cc1. The number of nitrogens with one attached hydrogen (secondary N) is 1. The molecule has 2 rings (SSSR count). The number of para-hydroxylation sites is 1. The lowest BCUT2D eigenvalue weighted by atomic mass is 10.2. The topological polar surface area (TPSA) is 73.9 Å². The highest BCUT2D eigenvalue weighted by Gasteiger charge is 2.13. The van der Waals surface area contributed by atoms with E-state index in [0.29, 0.717) is 23.7 Å². The molecule has 2 aromatic carbocycles. The van der Waals surface area contributed by atoms with E-state index in [4.69, 9.17) is 14.2 Å². The summed E-state index contributed by atoms with van der Waals surface area (Å²) in [7, 11) is 0. The van der Waals surface area contributed by atoms with Gasteiger partial charge in [0.05, 0.1) is 12.2 Å². The Morgan fingerprint density at radius 1 is 1.00 bits per heavy atom. The van der Waals surface area contributed by atoms with Gasteiger partial charge >= 0.3 is 5.97 Å². The van der Waals surface area contributed by atoms with Crippen molar-refractivity contribution in [1.82, 2.24) is 5.32 Å². The Hall–Kier alpha value is -3.09. The maximum atomic E-state index is 12.8. The Morgan fingerprint density at radius 3 is 2.46 bits per heavy atom. The van der Waals surface area contributed by atoms with Crippen LogP contribution in [0.1, 0.15) is 17.3 Å². The van der Waals surface area contributed by atoms with Crippen LogP contribution in [0, 0.1) is 5.82 Å². The van der Waals surface area contributed by atoms with Crippen LogP contribution in [0.4, 0.5) is 4.39 Å². The number of benzene rings is 2. The summed E-state index contributed by atoms with van der Waals surface area (Å²) in [5, 5.41) is 2.49. The van der Waals surface area contributed by atoms with Gasteiger partial charge in [-0.3, -0.25) is 9.59 Å². The van der Waals surface area contributed by atoms with E-state index in [0.717, 1.165) is 0 Å². The minimum absolute atomic E-state index is 0.0155. The first-order valence-corrected chi connectivity index (χ1v) is 8.14. The van der Waals surface area contributed by atoms with Crippen LogP contribution in [0.2, 0.25) is 0 Å². The van der Waals surface area contributed by atoms with Gasteiger partial charge in [0.25, 0.3) is 5.91 Å². The van der Waals surface area contributed by atoms with E-state index in [9.17, 15) is 14.0 Å². The van der Waals surface area contributed by atoms with Crippen LogP contribution in [0.5, 0.6) is 11.5 Å². The molecule has 0 saturated carbocycles. The summed E-state index contributed by atoms with van der Waals surface area (Å²) in [5.74, 6) is -0.439. The molecular weight excluding hydrogens is 341 g/mol. The van der Waals surface area contributed by atoms with E-state index in [-0.39, 0.29) is 25.6 Å². The van der Waals surface area contributed by atoms with Gasteiger partial charge in [0.1, 0.15) is 37.1 Å². The van der Waals surface area contributed by atoms with Crippen molar-refractivity contribution < 1.29 is 28.2 Å². The number of ether oxygens (including phenoxy) is 3. The molecule has 2 aromatic rings. The zero-order chi connectivity index (χ0) is 18.8. The summed E-state index contributed by atoms with van der Waals surface area (Å²) in [6.07, 6.45) is 0. The zero-order valence-corrected chi connectivity index (χ0v) is 14.4. The van der Waals surface area contributed by atoms with Crippen LogP contribution < -0.4 is 14.8 Å².